The van der Waals surface area contributed by atoms with Crippen molar-refractivity contribution in [1.29, 1.82) is 0 Å². The van der Waals surface area contributed by atoms with E-state index in [4.69, 9.17) is 4.52 Å². The molecule has 0 aliphatic heterocycles. The third-order valence-electron chi connectivity index (χ3n) is 2.90. The van der Waals surface area contributed by atoms with Gasteiger partial charge in [0.2, 0.25) is 5.82 Å². The predicted octanol–water partition coefficient (Wildman–Crippen LogP) is 2.52. The third-order valence-corrected chi connectivity index (χ3v) is 2.90. The van der Waals surface area contributed by atoms with E-state index in [-0.39, 0.29) is 11.6 Å². The van der Waals surface area contributed by atoms with Crippen LogP contribution in [0.15, 0.2) is 59.1 Å². The molecule has 2 aromatic carbocycles. The molecule has 100 valence electrons. The first kappa shape index (κ1) is 12.4. The molecule has 2 N–H and O–H groups in total. The number of aromatic hydroxyl groups is 1. The number of rotatable bonds is 3. The van der Waals surface area contributed by atoms with Crippen molar-refractivity contribution in [2.24, 2.45) is 0 Å². The molecular formula is C15H12N2O3. The van der Waals surface area contributed by atoms with E-state index in [0.29, 0.717) is 17.0 Å². The van der Waals surface area contributed by atoms with Gasteiger partial charge in [-0.15, -0.1) is 0 Å². The molecule has 0 fully saturated rings. The van der Waals surface area contributed by atoms with E-state index >= 15 is 0 Å². The molecule has 0 bridgehead atoms. The van der Waals surface area contributed by atoms with Gasteiger partial charge in [0.05, 0.1) is 0 Å². The molecule has 0 aliphatic rings. The second-order valence-electron chi connectivity index (χ2n) is 4.32. The smallest absolute Gasteiger partial charge is 0.260 e. The number of hydrogen-bond acceptors (Lipinski definition) is 5. The number of benzene rings is 2. The van der Waals surface area contributed by atoms with Crippen LogP contribution in [0.5, 0.6) is 5.75 Å². The van der Waals surface area contributed by atoms with E-state index in [1.54, 1.807) is 30.3 Å². The largest absolute Gasteiger partial charge is 0.508 e. The topological polar surface area (TPSA) is 79.4 Å². The standard InChI is InChI=1S/C15H12N2O3/c18-12-8-4-7-11(9-12)14-16-15(20-17-14)13(19)10-5-2-1-3-6-10/h1-9,13,18-19H. The van der Waals surface area contributed by atoms with Gasteiger partial charge in [0.25, 0.3) is 5.89 Å². The molecule has 0 amide bonds. The Kier molecular flexibility index (Phi) is 3.18. The zero-order chi connectivity index (χ0) is 13.9. The van der Waals surface area contributed by atoms with Crippen LogP contribution in [0, 0.1) is 0 Å². The fraction of sp³-hybridized carbons (Fsp3) is 0.0667. The van der Waals surface area contributed by atoms with Gasteiger partial charge in [0, 0.05) is 5.56 Å². The van der Waals surface area contributed by atoms with Crippen LogP contribution in [0.4, 0.5) is 0 Å². The molecule has 0 spiro atoms. The van der Waals surface area contributed by atoms with Gasteiger partial charge in [-0.3, -0.25) is 0 Å². The molecule has 5 heteroatoms. The Labute approximate surface area is 115 Å². The fourth-order valence-corrected chi connectivity index (χ4v) is 1.89. The number of aliphatic hydroxyl groups excluding tert-OH is 1. The molecule has 1 heterocycles. The normalized spacial score (nSPS) is 12.2. The van der Waals surface area contributed by atoms with E-state index in [9.17, 15) is 10.2 Å². The summed E-state index contributed by atoms with van der Waals surface area (Å²) in [5, 5.41) is 23.4. The highest BCUT2D eigenvalue weighted by atomic mass is 16.5. The van der Waals surface area contributed by atoms with E-state index < -0.39 is 6.10 Å². The van der Waals surface area contributed by atoms with E-state index in [1.807, 2.05) is 18.2 Å². The van der Waals surface area contributed by atoms with Crippen LogP contribution in [0.3, 0.4) is 0 Å². The summed E-state index contributed by atoms with van der Waals surface area (Å²) in [6.45, 7) is 0. The van der Waals surface area contributed by atoms with Gasteiger partial charge in [-0.05, 0) is 17.7 Å². The molecule has 5 nitrogen and oxygen atoms in total. The van der Waals surface area contributed by atoms with E-state index in [2.05, 4.69) is 10.1 Å². The Hall–Kier alpha value is -2.66. The first-order valence-electron chi connectivity index (χ1n) is 6.10. The Morgan fingerprint density at radius 1 is 1.00 bits per heavy atom. The number of nitrogens with zero attached hydrogens (tertiary/aromatic N) is 2. The molecule has 3 aromatic rings. The third kappa shape index (κ3) is 2.39. The molecule has 0 saturated carbocycles. The lowest BCUT2D eigenvalue weighted by molar-refractivity contribution is 0.170. The van der Waals surface area contributed by atoms with Crippen molar-refractivity contribution in [2.75, 3.05) is 0 Å². The van der Waals surface area contributed by atoms with Gasteiger partial charge < -0.3 is 14.7 Å². The predicted molar refractivity (Wildman–Crippen MR) is 71.9 cm³/mol. The highest BCUT2D eigenvalue weighted by Gasteiger charge is 2.18. The van der Waals surface area contributed by atoms with Crippen molar-refractivity contribution in [2.45, 2.75) is 6.10 Å². The summed E-state index contributed by atoms with van der Waals surface area (Å²) in [5.41, 5.74) is 1.30. The van der Waals surface area contributed by atoms with Crippen LogP contribution < -0.4 is 0 Å². The van der Waals surface area contributed by atoms with Crippen molar-refractivity contribution in [3.63, 3.8) is 0 Å². The maximum atomic E-state index is 10.2. The number of phenolic OH excluding ortho intramolecular Hbond substituents is 1. The summed E-state index contributed by atoms with van der Waals surface area (Å²) in [7, 11) is 0. The lowest BCUT2D eigenvalue weighted by Gasteiger charge is -2.04. The number of aliphatic hydroxyl groups is 1. The van der Waals surface area contributed by atoms with Crippen molar-refractivity contribution < 1.29 is 14.7 Å². The van der Waals surface area contributed by atoms with E-state index in [1.165, 1.54) is 6.07 Å². The minimum atomic E-state index is -0.963. The first-order chi connectivity index (χ1) is 9.74. The number of phenols is 1. The lowest BCUT2D eigenvalue weighted by Crippen LogP contribution is -1.99. The molecule has 0 saturated heterocycles. The summed E-state index contributed by atoms with van der Waals surface area (Å²) in [5.74, 6) is 0.567. The Morgan fingerprint density at radius 3 is 2.55 bits per heavy atom. The second-order valence-corrected chi connectivity index (χ2v) is 4.32. The number of hydrogen-bond donors (Lipinski definition) is 2. The molecule has 1 unspecified atom stereocenters. The Morgan fingerprint density at radius 2 is 1.80 bits per heavy atom. The first-order valence-corrected chi connectivity index (χ1v) is 6.10. The summed E-state index contributed by atoms with van der Waals surface area (Å²) < 4.78 is 5.08. The molecule has 1 aromatic heterocycles. The second kappa shape index (κ2) is 5.14. The van der Waals surface area contributed by atoms with Gasteiger partial charge in [0.15, 0.2) is 6.10 Å². The Bertz CT molecular complexity index is 710. The average Bonchev–Trinajstić information content (AvgIpc) is 2.97. The van der Waals surface area contributed by atoms with Crippen molar-refractivity contribution in [1.82, 2.24) is 10.1 Å². The van der Waals surface area contributed by atoms with Crippen LogP contribution in [0.1, 0.15) is 17.6 Å². The molecular weight excluding hydrogens is 256 g/mol. The summed E-state index contributed by atoms with van der Waals surface area (Å²) in [4.78, 5) is 4.16. The van der Waals surface area contributed by atoms with Crippen LogP contribution in [-0.4, -0.2) is 20.4 Å². The maximum Gasteiger partial charge on any atom is 0.260 e. The lowest BCUT2D eigenvalue weighted by atomic mass is 10.1. The van der Waals surface area contributed by atoms with E-state index in [0.717, 1.165) is 0 Å². The van der Waals surface area contributed by atoms with Gasteiger partial charge in [-0.2, -0.15) is 4.98 Å². The van der Waals surface area contributed by atoms with Crippen molar-refractivity contribution in [3.8, 4) is 17.1 Å². The SMILES string of the molecule is Oc1cccc(-c2noc(C(O)c3ccccc3)n2)c1. The van der Waals surface area contributed by atoms with Crippen LogP contribution in [0.2, 0.25) is 0 Å². The molecule has 0 aliphatic carbocycles. The molecule has 20 heavy (non-hydrogen) atoms. The zero-order valence-corrected chi connectivity index (χ0v) is 10.5. The van der Waals surface area contributed by atoms with Gasteiger partial charge in [-0.25, -0.2) is 0 Å². The quantitative estimate of drug-likeness (QED) is 0.763. The molecule has 0 radical (unpaired) electrons. The minimum absolute atomic E-state index is 0.120. The van der Waals surface area contributed by atoms with Crippen molar-refractivity contribution >= 4 is 0 Å². The Balaban J connectivity index is 1.91. The number of aromatic nitrogens is 2. The highest BCUT2D eigenvalue weighted by molar-refractivity contribution is 5.56. The maximum absolute atomic E-state index is 10.2. The fourth-order valence-electron chi connectivity index (χ4n) is 1.89. The summed E-state index contributed by atoms with van der Waals surface area (Å²) in [6.07, 6.45) is -0.963. The monoisotopic (exact) mass is 268 g/mol. The van der Waals surface area contributed by atoms with Crippen LogP contribution in [-0.2, 0) is 0 Å². The minimum Gasteiger partial charge on any atom is -0.508 e. The average molecular weight is 268 g/mol. The zero-order valence-electron chi connectivity index (χ0n) is 10.5. The van der Waals surface area contributed by atoms with Gasteiger partial charge >= 0.3 is 0 Å². The van der Waals surface area contributed by atoms with Gasteiger partial charge in [0.1, 0.15) is 5.75 Å². The van der Waals surface area contributed by atoms with Crippen LogP contribution in [0.25, 0.3) is 11.4 Å². The molecule has 1 atom stereocenters. The van der Waals surface area contributed by atoms with Gasteiger partial charge in [-0.1, -0.05) is 47.6 Å². The summed E-state index contributed by atoms with van der Waals surface area (Å²) in [6, 6.07) is 15.6. The summed E-state index contributed by atoms with van der Waals surface area (Å²) >= 11 is 0. The molecule has 3 rings (SSSR count). The van der Waals surface area contributed by atoms with Crippen molar-refractivity contribution in [3.05, 3.63) is 66.1 Å². The van der Waals surface area contributed by atoms with Crippen LogP contribution >= 0.6 is 0 Å². The highest BCUT2D eigenvalue weighted by Crippen LogP contribution is 2.24.